The smallest absolute Gasteiger partial charge is 0.243 e. The van der Waals surface area contributed by atoms with Crippen molar-refractivity contribution in [3.8, 4) is 0 Å². The zero-order chi connectivity index (χ0) is 14.3. The summed E-state index contributed by atoms with van der Waals surface area (Å²) in [5.41, 5.74) is 6.28. The summed E-state index contributed by atoms with van der Waals surface area (Å²) in [6, 6.07) is 5.01. The van der Waals surface area contributed by atoms with Crippen LogP contribution in [0.1, 0.15) is 31.2 Å². The van der Waals surface area contributed by atoms with Crippen LogP contribution in [0.2, 0.25) is 5.02 Å². The number of benzene rings is 1. The van der Waals surface area contributed by atoms with E-state index in [0.717, 1.165) is 25.7 Å². The van der Waals surface area contributed by atoms with E-state index >= 15 is 0 Å². The normalized spacial score (nSPS) is 19.6. The third-order valence-corrected chi connectivity index (χ3v) is 6.22. The van der Waals surface area contributed by atoms with Gasteiger partial charge in [0, 0.05) is 24.2 Å². The lowest BCUT2D eigenvalue weighted by atomic mass is 10.2. The lowest BCUT2D eigenvalue weighted by Gasteiger charge is -2.22. The molecule has 0 unspecified atom stereocenters. The van der Waals surface area contributed by atoms with Gasteiger partial charge in [-0.3, -0.25) is 0 Å². The second kappa shape index (κ2) is 5.30. The van der Waals surface area contributed by atoms with Crippen molar-refractivity contribution in [2.75, 3.05) is 6.54 Å². The fourth-order valence-corrected chi connectivity index (χ4v) is 4.37. The first-order valence-corrected chi connectivity index (χ1v) is 8.84. The molecule has 2 N–H and O–H groups in total. The molecule has 0 radical (unpaired) electrons. The Morgan fingerprint density at radius 2 is 1.95 bits per heavy atom. The Hall–Kier alpha value is -0.620. The van der Waals surface area contributed by atoms with Crippen molar-refractivity contribution in [1.82, 2.24) is 4.31 Å². The number of halogens is 1. The van der Waals surface area contributed by atoms with E-state index in [9.17, 15) is 8.42 Å². The minimum Gasteiger partial charge on any atom is -0.326 e. The predicted octanol–water partition coefficient (Wildman–Crippen LogP) is 2.36. The van der Waals surface area contributed by atoms with Crippen LogP contribution in [0.15, 0.2) is 23.1 Å². The van der Waals surface area contributed by atoms with Crippen LogP contribution < -0.4 is 5.73 Å². The highest BCUT2D eigenvalue weighted by molar-refractivity contribution is 7.89. The molecule has 3 rings (SSSR count). The van der Waals surface area contributed by atoms with Crippen molar-refractivity contribution in [2.24, 2.45) is 11.7 Å². The fraction of sp³-hybridized carbons (Fsp3) is 0.571. The number of sulfonamides is 1. The second-order valence-electron chi connectivity index (χ2n) is 5.71. The molecule has 2 aliphatic carbocycles. The van der Waals surface area contributed by atoms with Crippen LogP contribution in [0.25, 0.3) is 0 Å². The topological polar surface area (TPSA) is 63.4 Å². The van der Waals surface area contributed by atoms with E-state index in [4.69, 9.17) is 17.3 Å². The van der Waals surface area contributed by atoms with Crippen molar-refractivity contribution in [2.45, 2.75) is 43.2 Å². The minimum absolute atomic E-state index is 0.192. The first-order chi connectivity index (χ1) is 9.52. The van der Waals surface area contributed by atoms with Crippen LogP contribution in [0.5, 0.6) is 0 Å². The number of nitrogens with zero attached hydrogens (tertiary/aromatic N) is 1. The third-order valence-electron chi connectivity index (χ3n) is 3.93. The molecule has 1 aromatic carbocycles. The molecule has 0 spiro atoms. The number of nitrogens with two attached hydrogens (primary N) is 1. The van der Waals surface area contributed by atoms with E-state index in [1.807, 2.05) is 0 Å². The van der Waals surface area contributed by atoms with Gasteiger partial charge in [0.05, 0.1) is 4.90 Å². The molecule has 6 heteroatoms. The molecule has 2 aliphatic rings. The van der Waals surface area contributed by atoms with E-state index in [0.29, 0.717) is 27.9 Å². The molecule has 110 valence electrons. The average molecular weight is 315 g/mol. The molecule has 2 saturated carbocycles. The summed E-state index contributed by atoms with van der Waals surface area (Å²) >= 11 is 6.01. The molecular formula is C14H19ClN2O2S. The van der Waals surface area contributed by atoms with Gasteiger partial charge in [-0.05, 0) is 55.4 Å². The molecule has 0 amide bonds. The molecule has 0 bridgehead atoms. The summed E-state index contributed by atoms with van der Waals surface area (Å²) < 4.78 is 27.3. The Morgan fingerprint density at radius 1 is 1.25 bits per heavy atom. The molecule has 0 saturated heterocycles. The van der Waals surface area contributed by atoms with Gasteiger partial charge < -0.3 is 5.73 Å². The van der Waals surface area contributed by atoms with Crippen LogP contribution in [0.3, 0.4) is 0 Å². The van der Waals surface area contributed by atoms with Crippen molar-refractivity contribution < 1.29 is 8.42 Å². The largest absolute Gasteiger partial charge is 0.326 e. The van der Waals surface area contributed by atoms with Gasteiger partial charge in [0.2, 0.25) is 10.0 Å². The maximum absolute atomic E-state index is 12.8. The summed E-state index contributed by atoms with van der Waals surface area (Å²) in [6.07, 6.45) is 4.24. The maximum Gasteiger partial charge on any atom is 0.243 e. The summed E-state index contributed by atoms with van der Waals surface area (Å²) in [7, 11) is -3.42. The Bertz CT molecular complexity index is 610. The van der Waals surface area contributed by atoms with Gasteiger partial charge in [-0.2, -0.15) is 4.31 Å². The van der Waals surface area contributed by atoms with Gasteiger partial charge in [-0.1, -0.05) is 11.6 Å². The Kier molecular flexibility index (Phi) is 3.79. The van der Waals surface area contributed by atoms with Crippen LogP contribution in [0, 0.1) is 5.92 Å². The molecule has 0 aromatic heterocycles. The molecule has 0 aliphatic heterocycles. The molecule has 1 aromatic rings. The van der Waals surface area contributed by atoms with E-state index in [-0.39, 0.29) is 12.6 Å². The SMILES string of the molecule is NCc1cc(S(=O)(=O)N(CC2CC2)C2CC2)ccc1Cl. The predicted molar refractivity (Wildman–Crippen MR) is 79.0 cm³/mol. The average Bonchev–Trinajstić information content (AvgIpc) is 3.28. The van der Waals surface area contributed by atoms with Crippen LogP contribution in [-0.4, -0.2) is 25.3 Å². The lowest BCUT2D eigenvalue weighted by molar-refractivity contribution is 0.388. The molecule has 0 heterocycles. The van der Waals surface area contributed by atoms with Crippen molar-refractivity contribution in [1.29, 1.82) is 0 Å². The summed E-state index contributed by atoms with van der Waals surface area (Å²) in [4.78, 5) is 0.315. The highest BCUT2D eigenvalue weighted by atomic mass is 35.5. The second-order valence-corrected chi connectivity index (χ2v) is 8.00. The number of hydrogen-bond acceptors (Lipinski definition) is 3. The highest BCUT2D eigenvalue weighted by Crippen LogP contribution is 2.38. The fourth-order valence-electron chi connectivity index (χ4n) is 2.36. The summed E-state index contributed by atoms with van der Waals surface area (Å²) in [5.74, 6) is 0.548. The highest BCUT2D eigenvalue weighted by Gasteiger charge is 2.41. The standard InChI is InChI=1S/C14H19ClN2O2S/c15-14-6-5-13(7-11(14)8-16)20(18,19)17(12-3-4-12)9-10-1-2-10/h5-7,10,12H,1-4,8-9,16H2. The van der Waals surface area contributed by atoms with Gasteiger partial charge in [0.1, 0.15) is 0 Å². The van der Waals surface area contributed by atoms with E-state index in [2.05, 4.69) is 0 Å². The molecule has 2 fully saturated rings. The van der Waals surface area contributed by atoms with Crippen molar-refractivity contribution >= 4 is 21.6 Å². The summed E-state index contributed by atoms with van der Waals surface area (Å²) in [6.45, 7) is 0.905. The van der Waals surface area contributed by atoms with Gasteiger partial charge >= 0.3 is 0 Å². The zero-order valence-corrected chi connectivity index (χ0v) is 12.8. The van der Waals surface area contributed by atoms with E-state index in [1.54, 1.807) is 22.5 Å². The first-order valence-electron chi connectivity index (χ1n) is 7.02. The third kappa shape index (κ3) is 2.86. The summed E-state index contributed by atoms with van der Waals surface area (Å²) in [5, 5.41) is 0.520. The first kappa shape index (κ1) is 14.3. The van der Waals surface area contributed by atoms with Crippen molar-refractivity contribution in [3.05, 3.63) is 28.8 Å². The van der Waals surface area contributed by atoms with E-state index in [1.165, 1.54) is 0 Å². The maximum atomic E-state index is 12.8. The molecular weight excluding hydrogens is 296 g/mol. The lowest BCUT2D eigenvalue weighted by Crippen LogP contribution is -2.35. The van der Waals surface area contributed by atoms with Crippen LogP contribution in [0.4, 0.5) is 0 Å². The Balaban J connectivity index is 1.92. The quantitative estimate of drug-likeness (QED) is 0.876. The van der Waals surface area contributed by atoms with Gasteiger partial charge in [-0.25, -0.2) is 8.42 Å². The zero-order valence-electron chi connectivity index (χ0n) is 11.3. The van der Waals surface area contributed by atoms with Gasteiger partial charge in [-0.15, -0.1) is 0 Å². The monoisotopic (exact) mass is 314 g/mol. The van der Waals surface area contributed by atoms with E-state index < -0.39 is 10.0 Å². The molecule has 4 nitrogen and oxygen atoms in total. The van der Waals surface area contributed by atoms with Crippen molar-refractivity contribution in [3.63, 3.8) is 0 Å². The van der Waals surface area contributed by atoms with Crippen LogP contribution in [-0.2, 0) is 16.6 Å². The van der Waals surface area contributed by atoms with Gasteiger partial charge in [0.15, 0.2) is 0 Å². The van der Waals surface area contributed by atoms with Gasteiger partial charge in [0.25, 0.3) is 0 Å². The molecule has 20 heavy (non-hydrogen) atoms. The van der Waals surface area contributed by atoms with Crippen LogP contribution >= 0.6 is 11.6 Å². The molecule has 0 atom stereocenters. The number of rotatable bonds is 6. The number of hydrogen-bond donors (Lipinski definition) is 1. The minimum atomic E-state index is -3.42. The Morgan fingerprint density at radius 3 is 2.50 bits per heavy atom. The Labute approximate surface area is 125 Å².